The zero-order valence-electron chi connectivity index (χ0n) is 11.3. The lowest BCUT2D eigenvalue weighted by Gasteiger charge is -2.12. The van der Waals surface area contributed by atoms with Gasteiger partial charge in [-0.05, 0) is 37.5 Å². The minimum Gasteiger partial charge on any atom is -0.328 e. The molecule has 1 aromatic carbocycles. The first-order chi connectivity index (χ1) is 9.45. The molecule has 0 radical (unpaired) electrons. The van der Waals surface area contributed by atoms with Crippen LogP contribution in [0.15, 0.2) is 18.2 Å². The van der Waals surface area contributed by atoms with Gasteiger partial charge in [0.25, 0.3) is 0 Å². The van der Waals surface area contributed by atoms with Crippen molar-refractivity contribution in [2.45, 2.75) is 32.2 Å². The molecule has 2 rings (SSSR count). The van der Waals surface area contributed by atoms with E-state index in [0.717, 1.165) is 19.3 Å². The Bertz CT molecular complexity index is 533. The Hall–Kier alpha value is -1.59. The van der Waals surface area contributed by atoms with Gasteiger partial charge in [-0.2, -0.15) is 0 Å². The zero-order valence-corrected chi connectivity index (χ0v) is 12.0. The molecule has 0 saturated heterocycles. The van der Waals surface area contributed by atoms with Crippen LogP contribution in [-0.2, 0) is 9.59 Å². The van der Waals surface area contributed by atoms with E-state index in [0.29, 0.717) is 16.4 Å². The van der Waals surface area contributed by atoms with Gasteiger partial charge in [0.2, 0.25) is 11.8 Å². The van der Waals surface area contributed by atoms with Crippen molar-refractivity contribution in [2.24, 2.45) is 11.7 Å². The molecule has 1 saturated carbocycles. The van der Waals surface area contributed by atoms with Gasteiger partial charge in [0.05, 0.1) is 10.7 Å². The van der Waals surface area contributed by atoms with E-state index in [1.807, 2.05) is 0 Å². The predicted octanol–water partition coefficient (Wildman–Crippen LogP) is 2.36. The van der Waals surface area contributed by atoms with E-state index in [-0.39, 0.29) is 23.8 Å². The third-order valence-electron chi connectivity index (χ3n) is 3.39. The molecule has 2 unspecified atom stereocenters. The third-order valence-corrected chi connectivity index (χ3v) is 3.70. The molecule has 0 aliphatic heterocycles. The fourth-order valence-corrected chi connectivity index (χ4v) is 2.61. The molecule has 1 aromatic rings. The molecule has 0 spiro atoms. The first-order valence-corrected chi connectivity index (χ1v) is 6.97. The highest BCUT2D eigenvalue weighted by atomic mass is 35.5. The molecular weight excluding hydrogens is 278 g/mol. The van der Waals surface area contributed by atoms with E-state index >= 15 is 0 Å². The van der Waals surface area contributed by atoms with E-state index in [4.69, 9.17) is 17.3 Å². The average Bonchev–Trinajstić information content (AvgIpc) is 2.79. The zero-order chi connectivity index (χ0) is 14.7. The fourth-order valence-electron chi connectivity index (χ4n) is 2.38. The molecule has 5 nitrogen and oxygen atoms in total. The summed E-state index contributed by atoms with van der Waals surface area (Å²) in [4.78, 5) is 23.0. The molecule has 0 heterocycles. The van der Waals surface area contributed by atoms with Crippen molar-refractivity contribution in [1.29, 1.82) is 0 Å². The highest BCUT2D eigenvalue weighted by Gasteiger charge is 2.27. The molecule has 1 aliphatic carbocycles. The maximum atomic E-state index is 12.1. The highest BCUT2D eigenvalue weighted by Crippen LogP contribution is 2.28. The van der Waals surface area contributed by atoms with Gasteiger partial charge in [0.1, 0.15) is 0 Å². The van der Waals surface area contributed by atoms with Gasteiger partial charge in [0.15, 0.2) is 0 Å². The van der Waals surface area contributed by atoms with Gasteiger partial charge in [-0.1, -0.05) is 11.6 Å². The van der Waals surface area contributed by atoms with Crippen molar-refractivity contribution in [2.75, 3.05) is 10.6 Å². The standard InChI is InChI=1S/C14H18ClN3O2/c1-8(19)17-13-5-4-11(7-12(13)15)18-14(20)9-2-3-10(16)6-9/h4-5,7,9-10H,2-3,6,16H2,1H3,(H,17,19)(H,18,20). The Kier molecular flexibility index (Phi) is 4.62. The largest absolute Gasteiger partial charge is 0.328 e. The Morgan fingerprint density at radius 1 is 1.30 bits per heavy atom. The fraction of sp³-hybridized carbons (Fsp3) is 0.429. The van der Waals surface area contributed by atoms with Crippen LogP contribution in [0.3, 0.4) is 0 Å². The summed E-state index contributed by atoms with van der Waals surface area (Å²) in [5.74, 6) is -0.247. The number of benzene rings is 1. The second-order valence-corrected chi connectivity index (χ2v) is 5.54. The van der Waals surface area contributed by atoms with Gasteiger partial charge in [-0.25, -0.2) is 0 Å². The van der Waals surface area contributed by atoms with Gasteiger partial charge < -0.3 is 16.4 Å². The van der Waals surface area contributed by atoms with Crippen LogP contribution in [0, 0.1) is 5.92 Å². The molecule has 2 amide bonds. The molecule has 6 heteroatoms. The minimum absolute atomic E-state index is 0.0266. The smallest absolute Gasteiger partial charge is 0.227 e. The number of hydrogen-bond donors (Lipinski definition) is 3. The highest BCUT2D eigenvalue weighted by molar-refractivity contribution is 6.34. The van der Waals surface area contributed by atoms with Crippen molar-refractivity contribution < 1.29 is 9.59 Å². The number of nitrogens with two attached hydrogens (primary N) is 1. The summed E-state index contributed by atoms with van der Waals surface area (Å²) in [5, 5.41) is 5.84. The molecule has 1 fully saturated rings. The van der Waals surface area contributed by atoms with Crippen LogP contribution in [0.2, 0.25) is 5.02 Å². The van der Waals surface area contributed by atoms with Crippen molar-refractivity contribution >= 4 is 34.8 Å². The molecule has 0 aromatic heterocycles. The van der Waals surface area contributed by atoms with Gasteiger partial charge in [-0.15, -0.1) is 0 Å². The van der Waals surface area contributed by atoms with E-state index in [9.17, 15) is 9.59 Å². The molecule has 108 valence electrons. The SMILES string of the molecule is CC(=O)Nc1ccc(NC(=O)C2CCC(N)C2)cc1Cl. The average molecular weight is 296 g/mol. The summed E-state index contributed by atoms with van der Waals surface area (Å²) in [6, 6.07) is 5.12. The van der Waals surface area contributed by atoms with Gasteiger partial charge in [-0.3, -0.25) is 9.59 Å². The maximum Gasteiger partial charge on any atom is 0.227 e. The van der Waals surface area contributed by atoms with Crippen molar-refractivity contribution in [3.63, 3.8) is 0 Å². The monoisotopic (exact) mass is 295 g/mol. The van der Waals surface area contributed by atoms with E-state index in [1.54, 1.807) is 18.2 Å². The summed E-state index contributed by atoms with van der Waals surface area (Å²) < 4.78 is 0. The summed E-state index contributed by atoms with van der Waals surface area (Å²) in [7, 11) is 0. The van der Waals surface area contributed by atoms with Crippen LogP contribution in [-0.4, -0.2) is 17.9 Å². The number of hydrogen-bond acceptors (Lipinski definition) is 3. The maximum absolute atomic E-state index is 12.1. The van der Waals surface area contributed by atoms with Crippen LogP contribution >= 0.6 is 11.6 Å². The van der Waals surface area contributed by atoms with Crippen LogP contribution in [0.25, 0.3) is 0 Å². The second-order valence-electron chi connectivity index (χ2n) is 5.14. The number of halogens is 1. The lowest BCUT2D eigenvalue weighted by atomic mass is 10.1. The quantitative estimate of drug-likeness (QED) is 0.800. The van der Waals surface area contributed by atoms with Crippen LogP contribution in [0.1, 0.15) is 26.2 Å². The molecule has 1 aliphatic rings. The Morgan fingerprint density at radius 2 is 2.05 bits per heavy atom. The summed E-state index contributed by atoms with van der Waals surface area (Å²) in [6.45, 7) is 1.41. The topological polar surface area (TPSA) is 84.2 Å². The second kappa shape index (κ2) is 6.24. The van der Waals surface area contributed by atoms with E-state index in [1.165, 1.54) is 6.92 Å². The van der Waals surface area contributed by atoms with Crippen LogP contribution in [0.4, 0.5) is 11.4 Å². The minimum atomic E-state index is -0.191. The van der Waals surface area contributed by atoms with Crippen LogP contribution in [0.5, 0.6) is 0 Å². The number of nitrogens with one attached hydrogen (secondary N) is 2. The van der Waals surface area contributed by atoms with Gasteiger partial charge in [0, 0.05) is 24.6 Å². The van der Waals surface area contributed by atoms with E-state index < -0.39 is 0 Å². The predicted molar refractivity (Wildman–Crippen MR) is 79.7 cm³/mol. The van der Waals surface area contributed by atoms with Crippen LogP contribution < -0.4 is 16.4 Å². The lowest BCUT2D eigenvalue weighted by Crippen LogP contribution is -2.23. The summed E-state index contributed by atoms with van der Waals surface area (Å²) in [6.07, 6.45) is 2.44. The number of carbonyl (C=O) groups is 2. The Labute approximate surface area is 122 Å². The molecular formula is C14H18ClN3O2. The Balaban J connectivity index is 2.01. The molecule has 2 atom stereocenters. The van der Waals surface area contributed by atoms with Crippen molar-refractivity contribution in [1.82, 2.24) is 0 Å². The number of anilines is 2. The summed E-state index contributed by atoms with van der Waals surface area (Å²) in [5.41, 5.74) is 6.95. The normalized spacial score (nSPS) is 21.6. The number of carbonyl (C=O) groups excluding carboxylic acids is 2. The first-order valence-electron chi connectivity index (χ1n) is 6.59. The molecule has 0 bridgehead atoms. The number of rotatable bonds is 3. The van der Waals surface area contributed by atoms with Crippen molar-refractivity contribution in [3.05, 3.63) is 23.2 Å². The number of amides is 2. The molecule has 20 heavy (non-hydrogen) atoms. The van der Waals surface area contributed by atoms with Crippen molar-refractivity contribution in [3.8, 4) is 0 Å². The lowest BCUT2D eigenvalue weighted by molar-refractivity contribution is -0.119. The third kappa shape index (κ3) is 3.71. The Morgan fingerprint density at radius 3 is 2.60 bits per heavy atom. The first kappa shape index (κ1) is 14.8. The molecule has 4 N–H and O–H groups in total. The van der Waals surface area contributed by atoms with Gasteiger partial charge >= 0.3 is 0 Å². The summed E-state index contributed by atoms with van der Waals surface area (Å²) >= 11 is 6.05. The van der Waals surface area contributed by atoms with E-state index in [2.05, 4.69) is 10.6 Å².